The highest BCUT2D eigenvalue weighted by molar-refractivity contribution is 5.99. The zero-order valence-corrected chi connectivity index (χ0v) is 34.5. The first-order chi connectivity index (χ1) is 30.1. The maximum Gasteiger partial charge on any atom is 0.407 e. The molecule has 17 heteroatoms. The van der Waals surface area contributed by atoms with E-state index in [-0.39, 0.29) is 42.3 Å². The van der Waals surface area contributed by atoms with Crippen LogP contribution in [0.4, 0.5) is 4.79 Å². The van der Waals surface area contributed by atoms with Crippen LogP contribution in [0.1, 0.15) is 73.6 Å². The van der Waals surface area contributed by atoms with E-state index in [1.54, 1.807) is 52.9 Å². The highest BCUT2D eigenvalue weighted by Gasteiger charge is 2.37. The van der Waals surface area contributed by atoms with Crippen LogP contribution in [0.15, 0.2) is 85.6 Å². The highest BCUT2D eigenvalue weighted by Crippen LogP contribution is 2.34. The summed E-state index contributed by atoms with van der Waals surface area (Å²) in [6.07, 6.45) is 9.45. The molecule has 3 atom stereocenters. The van der Waals surface area contributed by atoms with Gasteiger partial charge in [0.1, 0.15) is 17.7 Å². The molecule has 6 heterocycles. The summed E-state index contributed by atoms with van der Waals surface area (Å²) in [6, 6.07) is 17.9. The number of nitrogens with one attached hydrogen (secondary N) is 5. The van der Waals surface area contributed by atoms with Crippen LogP contribution in [0.5, 0.6) is 0 Å². The number of imidazole rings is 3. The summed E-state index contributed by atoms with van der Waals surface area (Å²) < 4.78 is 4.76. The number of nitrogens with zero attached hydrogens (tertiary/aromatic N) is 7. The van der Waals surface area contributed by atoms with Gasteiger partial charge in [0.2, 0.25) is 11.8 Å². The van der Waals surface area contributed by atoms with Gasteiger partial charge in [0, 0.05) is 29.8 Å². The predicted molar refractivity (Wildman–Crippen MR) is 230 cm³/mol. The molecule has 4 aromatic heterocycles. The van der Waals surface area contributed by atoms with Crippen molar-refractivity contribution in [2.75, 3.05) is 26.7 Å². The Morgan fingerprint density at radius 2 is 1.42 bits per heavy atom. The monoisotopic (exact) mass is 834 g/mol. The van der Waals surface area contributed by atoms with Crippen molar-refractivity contribution in [2.45, 2.75) is 57.7 Å². The normalized spacial score (nSPS) is 16.9. The molecule has 3 aromatic carbocycles. The molecule has 2 aliphatic rings. The first-order valence-corrected chi connectivity index (χ1v) is 20.8. The molecule has 316 valence electrons. The third-order valence-corrected chi connectivity index (χ3v) is 11.8. The lowest BCUT2D eigenvalue weighted by atomic mass is 10.0. The number of aromatic nitrogens is 8. The second kappa shape index (κ2) is 16.9. The van der Waals surface area contributed by atoms with Crippen molar-refractivity contribution < 1.29 is 23.9 Å². The van der Waals surface area contributed by atoms with Gasteiger partial charge in [-0.15, -0.1) is 0 Å². The zero-order chi connectivity index (χ0) is 42.9. The van der Waals surface area contributed by atoms with Gasteiger partial charge in [0.05, 0.1) is 89.8 Å². The molecule has 4 amide bonds. The number of alkyl carbamates (subject to hydrolysis) is 1. The molecular formula is C45H46N12O5. The molecule has 2 saturated heterocycles. The molecule has 9 rings (SSSR count). The van der Waals surface area contributed by atoms with Crippen molar-refractivity contribution >= 4 is 45.9 Å². The minimum Gasteiger partial charge on any atom is -0.453 e. The van der Waals surface area contributed by atoms with Crippen molar-refractivity contribution in [1.29, 1.82) is 0 Å². The predicted octanol–water partition coefficient (Wildman–Crippen LogP) is 6.09. The fourth-order valence-corrected chi connectivity index (χ4v) is 8.42. The number of carbonyl (C=O) groups excluding carboxylic acids is 4. The molecule has 62 heavy (non-hydrogen) atoms. The number of fused-ring (bicyclic) bond motifs is 2. The summed E-state index contributed by atoms with van der Waals surface area (Å²) in [5.41, 5.74) is 8.52. The number of rotatable bonds is 11. The van der Waals surface area contributed by atoms with E-state index in [0.717, 1.165) is 81.5 Å². The van der Waals surface area contributed by atoms with E-state index in [1.165, 1.54) is 7.11 Å². The SMILES string of the molecule is COC(=O)N[C@H](C(=O)N1CCC[C@H]1c1ncc(-c2ccc(-c3cnc4cc(-c5cnc([C@@H]6CCCN6C(=O)CNC(=O)c6ccc7nc[nH]c7c6)[nH]5)ccc4n3)cc2)[nH]1)C(C)C. The van der Waals surface area contributed by atoms with Gasteiger partial charge in [-0.25, -0.2) is 24.7 Å². The Hall–Kier alpha value is -7.43. The lowest BCUT2D eigenvalue weighted by Crippen LogP contribution is -2.51. The van der Waals surface area contributed by atoms with E-state index >= 15 is 0 Å². The van der Waals surface area contributed by atoms with Gasteiger partial charge in [-0.1, -0.05) is 44.2 Å². The molecule has 0 spiro atoms. The number of methoxy groups -OCH3 is 1. The first kappa shape index (κ1) is 40.0. The Morgan fingerprint density at radius 3 is 2.15 bits per heavy atom. The minimum absolute atomic E-state index is 0.115. The van der Waals surface area contributed by atoms with Crippen molar-refractivity contribution in [1.82, 2.24) is 60.3 Å². The van der Waals surface area contributed by atoms with Crippen LogP contribution in [-0.2, 0) is 14.3 Å². The molecule has 0 unspecified atom stereocenters. The number of ether oxygens (including phenoxy) is 1. The summed E-state index contributed by atoms with van der Waals surface area (Å²) >= 11 is 0. The standard InChI is InChI=1S/C45H46N12O5/c1-25(2)40(55-45(61)62-3)44(60)57-17-5-7-38(57)42-47-21-35(53-42)27-10-8-26(9-11-27)34-20-46-33-18-28(12-15-31(33)52-34)36-22-48-41(54-36)37-6-4-16-56(37)39(58)23-49-43(59)29-13-14-30-32(19-29)51-24-50-30/h8-15,18-22,24-25,37-38,40H,4-7,16-17,23H2,1-3H3,(H,47,53)(H,48,54)(H,49,59)(H,50,51)(H,55,61)/t37-,38-,40-/m0/s1. The number of H-pyrrole nitrogens is 3. The van der Waals surface area contributed by atoms with Gasteiger partial charge in [-0.05, 0) is 67.5 Å². The number of likely N-dealkylation sites (tertiary alicyclic amines) is 2. The molecule has 0 aliphatic carbocycles. The molecular weight excluding hydrogens is 789 g/mol. The van der Waals surface area contributed by atoms with E-state index in [9.17, 15) is 19.2 Å². The van der Waals surface area contributed by atoms with Crippen LogP contribution in [-0.4, -0.2) is 106 Å². The Kier molecular flexibility index (Phi) is 10.9. The van der Waals surface area contributed by atoms with Crippen LogP contribution in [0.3, 0.4) is 0 Å². The maximum absolute atomic E-state index is 13.6. The fraction of sp³-hybridized carbons (Fsp3) is 0.311. The third-order valence-electron chi connectivity index (χ3n) is 11.8. The molecule has 2 aliphatic heterocycles. The number of aromatic amines is 3. The molecule has 17 nitrogen and oxygen atoms in total. The van der Waals surface area contributed by atoms with Gasteiger partial charge in [0.15, 0.2) is 0 Å². The van der Waals surface area contributed by atoms with Crippen LogP contribution < -0.4 is 10.6 Å². The van der Waals surface area contributed by atoms with Crippen molar-refractivity contribution in [3.05, 3.63) is 103 Å². The van der Waals surface area contributed by atoms with Gasteiger partial charge in [-0.3, -0.25) is 19.4 Å². The number of hydrogen-bond donors (Lipinski definition) is 5. The molecule has 2 fully saturated rings. The number of amides is 4. The topological polar surface area (TPSA) is 220 Å². The second-order valence-corrected chi connectivity index (χ2v) is 16.0. The Labute approximate surface area is 356 Å². The minimum atomic E-state index is -0.700. The van der Waals surface area contributed by atoms with Crippen LogP contribution in [0.2, 0.25) is 0 Å². The number of hydrogen-bond acceptors (Lipinski definition) is 10. The molecule has 7 aromatic rings. The van der Waals surface area contributed by atoms with Crippen LogP contribution in [0.25, 0.3) is 55.8 Å². The lowest BCUT2D eigenvalue weighted by Gasteiger charge is -2.30. The molecule has 5 N–H and O–H groups in total. The summed E-state index contributed by atoms with van der Waals surface area (Å²) in [5.74, 6) is 0.636. The van der Waals surface area contributed by atoms with Crippen LogP contribution >= 0.6 is 0 Å². The summed E-state index contributed by atoms with van der Waals surface area (Å²) in [6.45, 7) is 4.84. The number of carbonyl (C=O) groups is 4. The Morgan fingerprint density at radius 1 is 0.758 bits per heavy atom. The van der Waals surface area contributed by atoms with Crippen molar-refractivity contribution in [3.63, 3.8) is 0 Å². The van der Waals surface area contributed by atoms with E-state index in [4.69, 9.17) is 14.7 Å². The van der Waals surface area contributed by atoms with Gasteiger partial charge < -0.3 is 40.1 Å². The average Bonchev–Trinajstić information content (AvgIpc) is 4.16. The molecule has 0 saturated carbocycles. The fourth-order valence-electron chi connectivity index (χ4n) is 8.42. The highest BCUT2D eigenvalue weighted by atomic mass is 16.5. The van der Waals surface area contributed by atoms with E-state index in [1.807, 2.05) is 56.3 Å². The van der Waals surface area contributed by atoms with E-state index < -0.39 is 12.1 Å². The van der Waals surface area contributed by atoms with E-state index in [2.05, 4.69) is 40.5 Å². The smallest absolute Gasteiger partial charge is 0.407 e. The molecule has 0 bridgehead atoms. The van der Waals surface area contributed by atoms with Crippen molar-refractivity contribution in [2.24, 2.45) is 5.92 Å². The first-order valence-electron chi connectivity index (χ1n) is 20.8. The lowest BCUT2D eigenvalue weighted by molar-refractivity contribution is -0.135. The zero-order valence-electron chi connectivity index (χ0n) is 34.5. The molecule has 0 radical (unpaired) electrons. The number of benzene rings is 3. The van der Waals surface area contributed by atoms with Gasteiger partial charge in [0.25, 0.3) is 5.91 Å². The van der Waals surface area contributed by atoms with E-state index in [0.29, 0.717) is 30.3 Å². The van der Waals surface area contributed by atoms with Crippen LogP contribution in [0, 0.1) is 5.92 Å². The van der Waals surface area contributed by atoms with Gasteiger partial charge >= 0.3 is 6.09 Å². The largest absolute Gasteiger partial charge is 0.453 e. The average molecular weight is 835 g/mol. The summed E-state index contributed by atoms with van der Waals surface area (Å²) in [5, 5.41) is 5.46. The third kappa shape index (κ3) is 7.96. The summed E-state index contributed by atoms with van der Waals surface area (Å²) in [7, 11) is 1.29. The second-order valence-electron chi connectivity index (χ2n) is 16.0. The maximum atomic E-state index is 13.6. The quantitative estimate of drug-likeness (QED) is 0.101. The van der Waals surface area contributed by atoms with Gasteiger partial charge in [-0.2, -0.15) is 0 Å². The Bertz CT molecular complexity index is 2790. The summed E-state index contributed by atoms with van der Waals surface area (Å²) in [4.78, 5) is 88.3. The Balaban J connectivity index is 0.836. The van der Waals surface area contributed by atoms with Crippen molar-refractivity contribution in [3.8, 4) is 33.8 Å².